The number of ether oxygens (including phenoxy) is 2. The van der Waals surface area contributed by atoms with E-state index in [2.05, 4.69) is 17.9 Å². The second kappa shape index (κ2) is 4.60. The molecule has 0 aromatic heterocycles. The molecular weight excluding hydrogens is 143 g/mol. The highest BCUT2D eigenvalue weighted by molar-refractivity contribution is 6.10. The van der Waals surface area contributed by atoms with Crippen molar-refractivity contribution in [3.63, 3.8) is 0 Å². The van der Waals surface area contributed by atoms with Crippen LogP contribution in [0.15, 0.2) is 24.7 Å². The van der Waals surface area contributed by atoms with Crippen LogP contribution in [0.4, 0.5) is 0 Å². The average Bonchev–Trinajstić information content (AvgIpc) is 2.02. The number of methoxy groups -OCH3 is 1. The molecule has 2 radical (unpaired) electrons. The summed E-state index contributed by atoms with van der Waals surface area (Å²) >= 11 is 0. The number of rotatable bonds is 4. The minimum Gasteiger partial charge on any atom is -0.463 e. The minimum atomic E-state index is -0.625. The molecule has 0 bridgehead atoms. The molecule has 0 rings (SSSR count). The molecule has 4 heteroatoms. The van der Waals surface area contributed by atoms with Gasteiger partial charge in [0.05, 0.1) is 20.7 Å². The lowest BCUT2D eigenvalue weighted by Gasteiger charge is -2.06. The number of carbonyl (C=O) groups is 1. The summed E-state index contributed by atoms with van der Waals surface area (Å²) in [5.74, 6) is -0.456. The van der Waals surface area contributed by atoms with E-state index in [0.29, 0.717) is 0 Å². The third kappa shape index (κ3) is 3.50. The van der Waals surface area contributed by atoms with E-state index >= 15 is 0 Å². The number of hydrogen-bond acceptors (Lipinski definition) is 3. The first-order valence-corrected chi connectivity index (χ1v) is 2.94. The number of carbonyl (C=O) groups excluding carboxylic acids is 1. The Morgan fingerprint density at radius 3 is 2.45 bits per heavy atom. The highest BCUT2D eigenvalue weighted by atomic mass is 16.6. The van der Waals surface area contributed by atoms with Crippen molar-refractivity contribution in [2.24, 2.45) is 0 Å². The summed E-state index contributed by atoms with van der Waals surface area (Å²) in [6.45, 7) is 6.71. The van der Waals surface area contributed by atoms with Crippen LogP contribution in [-0.4, -0.2) is 20.9 Å². The van der Waals surface area contributed by atoms with Gasteiger partial charge in [0.15, 0.2) is 0 Å². The Morgan fingerprint density at radius 1 is 1.55 bits per heavy atom. The third-order valence-electron chi connectivity index (χ3n) is 0.908. The quantitative estimate of drug-likeness (QED) is 0.258. The second-order valence-corrected chi connectivity index (χ2v) is 1.76. The van der Waals surface area contributed by atoms with Crippen molar-refractivity contribution in [1.82, 2.24) is 0 Å². The highest BCUT2D eigenvalue weighted by Crippen LogP contribution is 2.05. The van der Waals surface area contributed by atoms with Crippen LogP contribution in [0.2, 0.25) is 6.32 Å². The molecule has 0 aliphatic carbocycles. The Bertz CT molecular complexity index is 186. The van der Waals surface area contributed by atoms with Crippen molar-refractivity contribution in [1.29, 1.82) is 0 Å². The van der Waals surface area contributed by atoms with Gasteiger partial charge in [0.2, 0.25) is 5.76 Å². The normalized spacial score (nSPS) is 8.45. The van der Waals surface area contributed by atoms with E-state index in [-0.39, 0.29) is 17.8 Å². The van der Waals surface area contributed by atoms with Crippen molar-refractivity contribution in [2.75, 3.05) is 7.11 Å². The Balaban J connectivity index is 3.88. The van der Waals surface area contributed by atoms with Crippen molar-refractivity contribution >= 4 is 13.8 Å². The zero-order valence-electron chi connectivity index (χ0n) is 6.42. The monoisotopic (exact) mass is 152 g/mol. The summed E-state index contributed by atoms with van der Waals surface area (Å²) < 4.78 is 9.08. The van der Waals surface area contributed by atoms with Crippen LogP contribution in [0.1, 0.15) is 0 Å². The summed E-state index contributed by atoms with van der Waals surface area (Å²) in [7, 11) is 6.38. The van der Waals surface area contributed by atoms with Crippen LogP contribution in [0, 0.1) is 0 Å². The van der Waals surface area contributed by atoms with Gasteiger partial charge in [-0.05, 0) is 12.9 Å². The fourth-order valence-corrected chi connectivity index (χ4v) is 0.371. The maximum Gasteiger partial charge on any atom is 0.373 e. The van der Waals surface area contributed by atoms with Crippen LogP contribution in [0.5, 0.6) is 0 Å². The smallest absolute Gasteiger partial charge is 0.373 e. The van der Waals surface area contributed by atoms with Gasteiger partial charge in [-0.3, -0.25) is 0 Å². The van der Waals surface area contributed by atoms with Gasteiger partial charge in [-0.2, -0.15) is 0 Å². The van der Waals surface area contributed by atoms with Crippen LogP contribution < -0.4 is 0 Å². The van der Waals surface area contributed by atoms with E-state index in [1.165, 1.54) is 7.11 Å². The summed E-state index contributed by atoms with van der Waals surface area (Å²) in [5, 5.41) is 0. The highest BCUT2D eigenvalue weighted by Gasteiger charge is 2.07. The van der Waals surface area contributed by atoms with E-state index in [0.717, 1.165) is 0 Å². The van der Waals surface area contributed by atoms with Crippen LogP contribution >= 0.6 is 0 Å². The van der Waals surface area contributed by atoms with E-state index in [9.17, 15) is 4.79 Å². The predicted molar refractivity (Wildman–Crippen MR) is 41.9 cm³/mol. The Morgan fingerprint density at radius 2 is 2.09 bits per heavy atom. The van der Waals surface area contributed by atoms with Crippen molar-refractivity contribution in [2.45, 2.75) is 6.32 Å². The topological polar surface area (TPSA) is 35.5 Å². The van der Waals surface area contributed by atoms with Gasteiger partial charge < -0.3 is 9.47 Å². The molecule has 0 N–H and O–H groups in total. The van der Waals surface area contributed by atoms with Gasteiger partial charge in [-0.25, -0.2) is 4.79 Å². The first-order valence-electron chi connectivity index (χ1n) is 2.94. The molecule has 0 aromatic rings. The van der Waals surface area contributed by atoms with Gasteiger partial charge in [-0.15, -0.1) is 0 Å². The molecule has 0 aliphatic heterocycles. The number of allylic oxidation sites excluding steroid dienone is 1. The fourth-order valence-electron chi connectivity index (χ4n) is 0.371. The lowest BCUT2D eigenvalue weighted by molar-refractivity contribution is -0.139. The SMILES string of the molecule is [B]CC(=C)OC(=C)C(=O)OC. The van der Waals surface area contributed by atoms with Crippen molar-refractivity contribution in [3.05, 3.63) is 24.7 Å². The summed E-state index contributed by atoms with van der Waals surface area (Å²) in [4.78, 5) is 10.6. The molecule has 0 atom stereocenters. The Kier molecular flexibility index (Phi) is 4.11. The van der Waals surface area contributed by atoms with E-state index < -0.39 is 5.97 Å². The molecule has 0 saturated carbocycles. The first kappa shape index (κ1) is 9.81. The molecule has 0 aromatic carbocycles. The second-order valence-electron chi connectivity index (χ2n) is 1.76. The zero-order chi connectivity index (χ0) is 8.85. The third-order valence-corrected chi connectivity index (χ3v) is 0.908. The van der Waals surface area contributed by atoms with Crippen molar-refractivity contribution in [3.8, 4) is 0 Å². The fraction of sp³-hybridized carbons (Fsp3) is 0.286. The molecule has 0 saturated heterocycles. The molecule has 0 spiro atoms. The van der Waals surface area contributed by atoms with Gasteiger partial charge in [0, 0.05) is 0 Å². The maximum atomic E-state index is 10.6. The molecule has 0 heterocycles. The predicted octanol–water partition coefficient (Wildman–Crippen LogP) is 0.790. The lowest BCUT2D eigenvalue weighted by Crippen LogP contribution is -2.06. The molecule has 0 unspecified atom stereocenters. The van der Waals surface area contributed by atoms with Crippen LogP contribution in [-0.2, 0) is 14.3 Å². The van der Waals surface area contributed by atoms with E-state index in [4.69, 9.17) is 12.6 Å². The van der Waals surface area contributed by atoms with Gasteiger partial charge in [-0.1, -0.05) is 6.58 Å². The molecule has 0 amide bonds. The van der Waals surface area contributed by atoms with Gasteiger partial charge >= 0.3 is 5.97 Å². The molecule has 58 valence electrons. The number of esters is 1. The summed E-state index contributed by atoms with van der Waals surface area (Å²) in [5.41, 5.74) is 0. The Hall–Kier alpha value is -1.19. The molecule has 3 nitrogen and oxygen atoms in total. The Labute approximate surface area is 67.1 Å². The first-order chi connectivity index (χ1) is 5.11. The van der Waals surface area contributed by atoms with Crippen molar-refractivity contribution < 1.29 is 14.3 Å². The molecule has 0 fully saturated rings. The molecular formula is C7H9BO3. The zero-order valence-corrected chi connectivity index (χ0v) is 6.42. The molecule has 11 heavy (non-hydrogen) atoms. The average molecular weight is 152 g/mol. The minimum absolute atomic E-state index is 0.108. The van der Waals surface area contributed by atoms with Gasteiger partial charge in [0.1, 0.15) is 0 Å². The summed E-state index contributed by atoms with van der Waals surface area (Å²) in [6, 6.07) is 0. The van der Waals surface area contributed by atoms with E-state index in [1.54, 1.807) is 0 Å². The van der Waals surface area contributed by atoms with Gasteiger partial charge in [0.25, 0.3) is 0 Å². The molecule has 0 aliphatic rings. The summed E-state index contributed by atoms with van der Waals surface area (Å²) in [6.07, 6.45) is 0.149. The van der Waals surface area contributed by atoms with Crippen LogP contribution in [0.25, 0.3) is 0 Å². The lowest BCUT2D eigenvalue weighted by atomic mass is 10.0. The maximum absolute atomic E-state index is 10.6. The number of hydrogen-bond donors (Lipinski definition) is 0. The van der Waals surface area contributed by atoms with E-state index in [1.807, 2.05) is 0 Å². The van der Waals surface area contributed by atoms with Crippen LogP contribution in [0.3, 0.4) is 0 Å². The standard InChI is InChI=1S/C7H9BO3/c1-5(4-8)11-6(2)7(9)10-3/h1-2,4H2,3H3. The largest absolute Gasteiger partial charge is 0.463 e.